The number of hydrogen-bond donors (Lipinski definition) is 1. The van der Waals surface area contributed by atoms with Crippen molar-refractivity contribution in [2.24, 2.45) is 0 Å². The second-order valence-corrected chi connectivity index (χ2v) is 6.82. The molecule has 6 heteroatoms. The maximum Gasteiger partial charge on any atom is 0.229 e. The lowest BCUT2D eigenvalue weighted by atomic mass is 10.1. The van der Waals surface area contributed by atoms with E-state index in [1.165, 1.54) is 9.80 Å². The van der Waals surface area contributed by atoms with Crippen LogP contribution in [0.15, 0.2) is 29.2 Å². The maximum absolute atomic E-state index is 12.0. The van der Waals surface area contributed by atoms with Crippen molar-refractivity contribution < 1.29 is 14.4 Å². The minimum Gasteiger partial charge on any atom is -0.350 e. The SMILES string of the molecule is CCSc1ccc(C(C)NC(=O)CCN2C(=O)CCC2=O)cc1. The van der Waals surface area contributed by atoms with Gasteiger partial charge in [-0.15, -0.1) is 11.8 Å². The summed E-state index contributed by atoms with van der Waals surface area (Å²) in [7, 11) is 0. The first kappa shape index (κ1) is 17.5. The first-order valence-corrected chi connectivity index (χ1v) is 8.85. The molecule has 1 aromatic carbocycles. The maximum atomic E-state index is 12.0. The van der Waals surface area contributed by atoms with Gasteiger partial charge in [-0.25, -0.2) is 0 Å². The highest BCUT2D eigenvalue weighted by Crippen LogP contribution is 2.20. The zero-order valence-electron chi connectivity index (χ0n) is 13.5. The van der Waals surface area contributed by atoms with Gasteiger partial charge < -0.3 is 5.32 Å². The first-order chi connectivity index (χ1) is 11.0. The van der Waals surface area contributed by atoms with Crippen molar-refractivity contribution in [2.45, 2.75) is 44.0 Å². The van der Waals surface area contributed by atoms with Crippen LogP contribution in [-0.2, 0) is 14.4 Å². The molecule has 1 saturated heterocycles. The van der Waals surface area contributed by atoms with E-state index >= 15 is 0 Å². The summed E-state index contributed by atoms with van der Waals surface area (Å²) in [5, 5.41) is 2.91. The summed E-state index contributed by atoms with van der Waals surface area (Å²) >= 11 is 1.78. The third kappa shape index (κ3) is 4.82. The monoisotopic (exact) mass is 334 g/mol. The van der Waals surface area contributed by atoms with Crippen molar-refractivity contribution in [1.82, 2.24) is 10.2 Å². The summed E-state index contributed by atoms with van der Waals surface area (Å²) in [5.74, 6) is 0.510. The average Bonchev–Trinajstić information content (AvgIpc) is 2.85. The number of carbonyl (C=O) groups is 3. The molecule has 0 spiro atoms. The second kappa shape index (κ2) is 8.15. The van der Waals surface area contributed by atoms with E-state index in [1.54, 1.807) is 11.8 Å². The van der Waals surface area contributed by atoms with Crippen LogP contribution in [0.5, 0.6) is 0 Å². The molecule has 0 aliphatic carbocycles. The van der Waals surface area contributed by atoms with Crippen LogP contribution >= 0.6 is 11.8 Å². The van der Waals surface area contributed by atoms with Gasteiger partial charge in [0.05, 0.1) is 6.04 Å². The molecule has 1 fully saturated rings. The lowest BCUT2D eigenvalue weighted by Gasteiger charge is -2.17. The fraction of sp³-hybridized carbons (Fsp3) is 0.471. The normalized spacial score (nSPS) is 15.8. The molecular weight excluding hydrogens is 312 g/mol. The van der Waals surface area contributed by atoms with E-state index in [-0.39, 0.29) is 49.6 Å². The van der Waals surface area contributed by atoms with Gasteiger partial charge in [0.15, 0.2) is 0 Å². The molecule has 3 amide bonds. The number of likely N-dealkylation sites (tertiary alicyclic amines) is 1. The zero-order chi connectivity index (χ0) is 16.8. The van der Waals surface area contributed by atoms with E-state index in [1.807, 2.05) is 31.2 Å². The molecule has 1 aromatic rings. The van der Waals surface area contributed by atoms with Gasteiger partial charge in [-0.2, -0.15) is 0 Å². The summed E-state index contributed by atoms with van der Waals surface area (Å²) in [6.07, 6.45) is 0.670. The largest absolute Gasteiger partial charge is 0.350 e. The van der Waals surface area contributed by atoms with Gasteiger partial charge in [0.2, 0.25) is 17.7 Å². The van der Waals surface area contributed by atoms with Crippen LogP contribution in [0.3, 0.4) is 0 Å². The van der Waals surface area contributed by atoms with Crippen molar-refractivity contribution >= 4 is 29.5 Å². The number of nitrogens with one attached hydrogen (secondary N) is 1. The summed E-state index contributed by atoms with van der Waals surface area (Å²) in [6, 6.07) is 8.02. The van der Waals surface area contributed by atoms with Gasteiger partial charge in [0, 0.05) is 30.7 Å². The molecule has 0 bridgehead atoms. The number of rotatable bonds is 7. The van der Waals surface area contributed by atoms with Gasteiger partial charge in [0.1, 0.15) is 0 Å². The molecule has 5 nitrogen and oxygen atoms in total. The minimum atomic E-state index is -0.181. The van der Waals surface area contributed by atoms with Gasteiger partial charge in [-0.05, 0) is 30.4 Å². The second-order valence-electron chi connectivity index (χ2n) is 5.48. The molecule has 0 aromatic heterocycles. The Kier molecular flexibility index (Phi) is 6.21. The number of imide groups is 1. The van der Waals surface area contributed by atoms with Crippen molar-refractivity contribution in [3.8, 4) is 0 Å². The summed E-state index contributed by atoms with van der Waals surface area (Å²) in [6.45, 7) is 4.20. The first-order valence-electron chi connectivity index (χ1n) is 7.86. The predicted octanol–water partition coefficient (Wildman–Crippen LogP) is 2.51. The van der Waals surface area contributed by atoms with Crippen molar-refractivity contribution in [3.05, 3.63) is 29.8 Å². The molecule has 1 N–H and O–H groups in total. The fourth-order valence-electron chi connectivity index (χ4n) is 2.50. The van der Waals surface area contributed by atoms with Gasteiger partial charge >= 0.3 is 0 Å². The van der Waals surface area contributed by atoms with E-state index in [0.29, 0.717) is 0 Å². The Morgan fingerprint density at radius 2 is 1.83 bits per heavy atom. The predicted molar refractivity (Wildman–Crippen MR) is 90.0 cm³/mol. The van der Waals surface area contributed by atoms with Crippen LogP contribution in [0, 0.1) is 0 Å². The van der Waals surface area contributed by atoms with E-state index in [9.17, 15) is 14.4 Å². The Morgan fingerprint density at radius 3 is 2.39 bits per heavy atom. The summed E-state index contributed by atoms with van der Waals surface area (Å²) in [4.78, 5) is 37.4. The molecule has 1 heterocycles. The minimum absolute atomic E-state index is 0.104. The van der Waals surface area contributed by atoms with E-state index < -0.39 is 0 Å². The van der Waals surface area contributed by atoms with Crippen LogP contribution in [0.2, 0.25) is 0 Å². The van der Waals surface area contributed by atoms with E-state index in [4.69, 9.17) is 0 Å². The highest BCUT2D eigenvalue weighted by Gasteiger charge is 2.28. The van der Waals surface area contributed by atoms with E-state index in [2.05, 4.69) is 12.2 Å². The van der Waals surface area contributed by atoms with Crippen molar-refractivity contribution in [3.63, 3.8) is 0 Å². The highest BCUT2D eigenvalue weighted by molar-refractivity contribution is 7.99. The Hall–Kier alpha value is -1.82. The third-order valence-electron chi connectivity index (χ3n) is 3.79. The van der Waals surface area contributed by atoms with Crippen molar-refractivity contribution in [2.75, 3.05) is 12.3 Å². The quantitative estimate of drug-likeness (QED) is 0.615. The topological polar surface area (TPSA) is 66.5 Å². The molecule has 1 atom stereocenters. The number of carbonyl (C=O) groups excluding carboxylic acids is 3. The zero-order valence-corrected chi connectivity index (χ0v) is 14.3. The third-order valence-corrected chi connectivity index (χ3v) is 4.68. The van der Waals surface area contributed by atoms with E-state index in [0.717, 1.165) is 11.3 Å². The Bertz CT molecular complexity index is 570. The molecular formula is C17H22N2O3S. The molecule has 1 unspecified atom stereocenters. The molecule has 1 aliphatic heterocycles. The number of amides is 3. The molecule has 2 rings (SSSR count). The van der Waals surface area contributed by atoms with Crippen LogP contribution in [0.4, 0.5) is 0 Å². The van der Waals surface area contributed by atoms with Crippen LogP contribution in [0.1, 0.15) is 44.7 Å². The number of nitrogens with zero attached hydrogens (tertiary/aromatic N) is 1. The Labute approximate surface area is 140 Å². The lowest BCUT2D eigenvalue weighted by molar-refractivity contribution is -0.138. The molecule has 1 aliphatic rings. The van der Waals surface area contributed by atoms with Crippen LogP contribution in [-0.4, -0.2) is 34.9 Å². The Balaban J connectivity index is 1.82. The number of hydrogen-bond acceptors (Lipinski definition) is 4. The lowest BCUT2D eigenvalue weighted by Crippen LogP contribution is -2.34. The Morgan fingerprint density at radius 1 is 1.22 bits per heavy atom. The van der Waals surface area contributed by atoms with Crippen LogP contribution in [0.25, 0.3) is 0 Å². The molecule has 124 valence electrons. The fourth-order valence-corrected chi connectivity index (χ4v) is 3.16. The van der Waals surface area contributed by atoms with Crippen molar-refractivity contribution in [1.29, 1.82) is 0 Å². The molecule has 23 heavy (non-hydrogen) atoms. The van der Waals surface area contributed by atoms with Gasteiger partial charge in [0.25, 0.3) is 0 Å². The van der Waals surface area contributed by atoms with Crippen LogP contribution < -0.4 is 5.32 Å². The van der Waals surface area contributed by atoms with Gasteiger partial charge in [-0.3, -0.25) is 19.3 Å². The number of benzene rings is 1. The highest BCUT2D eigenvalue weighted by atomic mass is 32.2. The summed E-state index contributed by atoms with van der Waals surface area (Å²) < 4.78 is 0. The van der Waals surface area contributed by atoms with Gasteiger partial charge in [-0.1, -0.05) is 19.1 Å². The average molecular weight is 334 g/mol. The summed E-state index contributed by atoms with van der Waals surface area (Å²) in [5.41, 5.74) is 1.03. The smallest absolute Gasteiger partial charge is 0.229 e. The number of thioether (sulfide) groups is 1. The molecule has 0 radical (unpaired) electrons. The molecule has 0 saturated carbocycles. The standard InChI is InChI=1S/C17H22N2O3S/c1-3-23-14-6-4-13(5-7-14)12(2)18-15(20)10-11-19-16(21)8-9-17(19)22/h4-7,12H,3,8-11H2,1-2H3,(H,18,20).